The lowest BCUT2D eigenvalue weighted by molar-refractivity contribution is 0.0984. The van der Waals surface area contributed by atoms with E-state index in [1.54, 1.807) is 0 Å². The molecular formula is C21H21ClF2N4. The van der Waals surface area contributed by atoms with Gasteiger partial charge >= 0.3 is 0 Å². The Morgan fingerprint density at radius 2 is 1.79 bits per heavy atom. The summed E-state index contributed by atoms with van der Waals surface area (Å²) in [4.78, 5) is 2.36. The molecular weight excluding hydrogens is 382 g/mol. The first-order valence-electron chi connectivity index (χ1n) is 9.71. The average molecular weight is 403 g/mol. The molecule has 1 aromatic carbocycles. The van der Waals surface area contributed by atoms with Crippen LogP contribution in [0.5, 0.6) is 0 Å². The zero-order chi connectivity index (χ0) is 19.3. The largest absolute Gasteiger partial charge is 0.371 e. The summed E-state index contributed by atoms with van der Waals surface area (Å²) in [5.41, 5.74) is 3.17. The first-order valence-corrected chi connectivity index (χ1v) is 10.1. The SMILES string of the molecule is FC1(F)C[C@H]1Cc1nnc2cc(N3CCC(c4ccc(Cl)cc4)CC3)ccn12. The molecule has 2 fully saturated rings. The number of benzene rings is 1. The van der Waals surface area contributed by atoms with Gasteiger partial charge in [-0.25, -0.2) is 8.78 Å². The minimum Gasteiger partial charge on any atom is -0.371 e. The number of fused-ring (bicyclic) bond motifs is 1. The van der Waals surface area contributed by atoms with E-state index in [0.717, 1.165) is 42.3 Å². The maximum atomic E-state index is 13.2. The number of pyridine rings is 1. The lowest BCUT2D eigenvalue weighted by Crippen LogP contribution is -2.32. The number of piperidine rings is 1. The van der Waals surface area contributed by atoms with Crippen molar-refractivity contribution in [3.8, 4) is 0 Å². The minimum atomic E-state index is -2.53. The predicted octanol–water partition coefficient (Wildman–Crippen LogP) is 4.96. The summed E-state index contributed by atoms with van der Waals surface area (Å²) in [6.07, 6.45) is 4.32. The molecule has 1 aliphatic heterocycles. The molecule has 1 saturated carbocycles. The van der Waals surface area contributed by atoms with E-state index in [9.17, 15) is 8.78 Å². The van der Waals surface area contributed by atoms with Crippen LogP contribution in [0.3, 0.4) is 0 Å². The second-order valence-corrected chi connectivity index (χ2v) is 8.34. The van der Waals surface area contributed by atoms with Crippen LogP contribution in [0, 0.1) is 5.92 Å². The zero-order valence-corrected chi connectivity index (χ0v) is 16.1. The molecule has 3 aromatic rings. The van der Waals surface area contributed by atoms with Crippen molar-refractivity contribution < 1.29 is 8.78 Å². The van der Waals surface area contributed by atoms with Crippen molar-refractivity contribution in [2.45, 2.75) is 37.5 Å². The van der Waals surface area contributed by atoms with E-state index in [1.165, 1.54) is 5.56 Å². The Bertz CT molecular complexity index is 993. The van der Waals surface area contributed by atoms with Gasteiger partial charge in [-0.2, -0.15) is 0 Å². The van der Waals surface area contributed by atoms with Gasteiger partial charge in [-0.15, -0.1) is 10.2 Å². The molecule has 3 heterocycles. The summed E-state index contributed by atoms with van der Waals surface area (Å²) in [6, 6.07) is 12.2. The molecule has 0 N–H and O–H groups in total. The average Bonchev–Trinajstić information content (AvgIpc) is 3.11. The van der Waals surface area contributed by atoms with Crippen LogP contribution in [0.15, 0.2) is 42.6 Å². The lowest BCUT2D eigenvalue weighted by atomic mass is 9.89. The van der Waals surface area contributed by atoms with E-state index in [4.69, 9.17) is 11.6 Å². The summed E-state index contributed by atoms with van der Waals surface area (Å²) < 4.78 is 28.2. The number of anilines is 1. The van der Waals surface area contributed by atoms with Crippen molar-refractivity contribution in [1.29, 1.82) is 0 Å². The summed E-state index contributed by atoms with van der Waals surface area (Å²) in [5.74, 6) is -1.95. The molecule has 146 valence electrons. The Hall–Kier alpha value is -2.21. The number of hydrogen-bond acceptors (Lipinski definition) is 3. The molecule has 0 spiro atoms. The second-order valence-electron chi connectivity index (χ2n) is 7.91. The highest BCUT2D eigenvalue weighted by Crippen LogP contribution is 2.50. The fourth-order valence-electron chi connectivity index (χ4n) is 4.18. The van der Waals surface area contributed by atoms with Crippen LogP contribution < -0.4 is 4.90 Å². The monoisotopic (exact) mass is 402 g/mol. The maximum Gasteiger partial charge on any atom is 0.252 e. The van der Waals surface area contributed by atoms with E-state index in [0.29, 0.717) is 11.7 Å². The number of halogens is 3. The first-order chi connectivity index (χ1) is 13.5. The Labute approximate surface area is 167 Å². The molecule has 28 heavy (non-hydrogen) atoms. The van der Waals surface area contributed by atoms with Gasteiger partial charge in [-0.1, -0.05) is 23.7 Å². The van der Waals surface area contributed by atoms with Crippen molar-refractivity contribution >= 4 is 22.9 Å². The quantitative estimate of drug-likeness (QED) is 0.618. The molecule has 1 atom stereocenters. The van der Waals surface area contributed by atoms with Gasteiger partial charge in [-0.05, 0) is 42.5 Å². The molecule has 2 aromatic heterocycles. The fourth-order valence-corrected chi connectivity index (χ4v) is 4.31. The smallest absolute Gasteiger partial charge is 0.252 e. The van der Waals surface area contributed by atoms with Crippen molar-refractivity contribution in [2.24, 2.45) is 5.92 Å². The first kappa shape index (κ1) is 17.9. The van der Waals surface area contributed by atoms with E-state index in [1.807, 2.05) is 34.9 Å². The minimum absolute atomic E-state index is 0.0391. The van der Waals surface area contributed by atoms with Crippen LogP contribution >= 0.6 is 11.6 Å². The third kappa shape index (κ3) is 3.34. The molecule has 1 aliphatic carbocycles. The van der Waals surface area contributed by atoms with Gasteiger partial charge in [-0.3, -0.25) is 4.40 Å². The van der Waals surface area contributed by atoms with Crippen LogP contribution in [0.4, 0.5) is 14.5 Å². The summed E-state index contributed by atoms with van der Waals surface area (Å²) in [5, 5.41) is 9.11. The third-order valence-electron chi connectivity index (χ3n) is 6.05. The van der Waals surface area contributed by atoms with Crippen LogP contribution in [-0.2, 0) is 6.42 Å². The van der Waals surface area contributed by atoms with E-state index < -0.39 is 11.8 Å². The second kappa shape index (κ2) is 6.69. The fraction of sp³-hybridized carbons (Fsp3) is 0.429. The van der Waals surface area contributed by atoms with E-state index in [2.05, 4.69) is 27.2 Å². The number of hydrogen-bond donors (Lipinski definition) is 0. The predicted molar refractivity (Wildman–Crippen MR) is 105 cm³/mol. The molecule has 0 bridgehead atoms. The van der Waals surface area contributed by atoms with E-state index >= 15 is 0 Å². The van der Waals surface area contributed by atoms with Crippen molar-refractivity contribution in [3.05, 3.63) is 59.0 Å². The van der Waals surface area contributed by atoms with Gasteiger partial charge in [0.25, 0.3) is 5.92 Å². The standard InChI is InChI=1S/C21H21ClF2N4/c22-17-3-1-14(2-4-17)15-5-8-27(9-6-15)18-7-10-28-19(25-26-20(28)12-18)11-16-13-21(16,23)24/h1-4,7,10,12,15-16H,5-6,8-9,11,13H2/t16-/m1/s1. The highest BCUT2D eigenvalue weighted by Gasteiger charge is 2.56. The Morgan fingerprint density at radius 3 is 2.46 bits per heavy atom. The molecule has 0 unspecified atom stereocenters. The normalized spacial score (nSPS) is 22.0. The third-order valence-corrected chi connectivity index (χ3v) is 6.30. The Balaban J connectivity index is 1.27. The number of aromatic nitrogens is 3. The number of rotatable bonds is 4. The molecule has 0 radical (unpaired) electrons. The van der Waals surface area contributed by atoms with Crippen LogP contribution in [0.2, 0.25) is 5.02 Å². The molecule has 4 nitrogen and oxygen atoms in total. The number of alkyl halides is 2. The van der Waals surface area contributed by atoms with Gasteiger partial charge in [0.1, 0.15) is 5.82 Å². The van der Waals surface area contributed by atoms with Crippen LogP contribution in [-0.4, -0.2) is 33.6 Å². The van der Waals surface area contributed by atoms with Gasteiger partial charge < -0.3 is 4.90 Å². The van der Waals surface area contributed by atoms with Crippen LogP contribution in [0.25, 0.3) is 5.65 Å². The molecule has 0 amide bonds. The van der Waals surface area contributed by atoms with Crippen molar-refractivity contribution in [2.75, 3.05) is 18.0 Å². The zero-order valence-electron chi connectivity index (χ0n) is 15.4. The summed E-state index contributed by atoms with van der Waals surface area (Å²) in [6.45, 7) is 1.94. The van der Waals surface area contributed by atoms with Gasteiger partial charge in [0.05, 0.1) is 0 Å². The number of nitrogens with zero attached hydrogens (tertiary/aromatic N) is 4. The van der Waals surface area contributed by atoms with E-state index in [-0.39, 0.29) is 12.8 Å². The molecule has 5 rings (SSSR count). The topological polar surface area (TPSA) is 33.4 Å². The van der Waals surface area contributed by atoms with Gasteiger partial charge in [0.15, 0.2) is 5.65 Å². The van der Waals surface area contributed by atoms with Crippen molar-refractivity contribution in [1.82, 2.24) is 14.6 Å². The Kier molecular flexibility index (Phi) is 4.27. The summed E-state index contributed by atoms with van der Waals surface area (Å²) in [7, 11) is 0. The van der Waals surface area contributed by atoms with Crippen LogP contribution in [0.1, 0.15) is 36.6 Å². The van der Waals surface area contributed by atoms with Gasteiger partial charge in [0.2, 0.25) is 0 Å². The highest BCUT2D eigenvalue weighted by atomic mass is 35.5. The van der Waals surface area contributed by atoms with Gasteiger partial charge in [0, 0.05) is 54.8 Å². The summed E-state index contributed by atoms with van der Waals surface area (Å²) >= 11 is 5.99. The highest BCUT2D eigenvalue weighted by molar-refractivity contribution is 6.30. The lowest BCUT2D eigenvalue weighted by Gasteiger charge is -2.33. The maximum absolute atomic E-state index is 13.2. The molecule has 2 aliphatic rings. The molecule has 7 heteroatoms. The Morgan fingerprint density at radius 1 is 1.07 bits per heavy atom. The van der Waals surface area contributed by atoms with Crippen molar-refractivity contribution in [3.63, 3.8) is 0 Å². The molecule has 1 saturated heterocycles.